The third-order valence-corrected chi connectivity index (χ3v) is 3.29. The van der Waals surface area contributed by atoms with Crippen LogP contribution < -0.4 is 11.1 Å². The van der Waals surface area contributed by atoms with Crippen LogP contribution in [-0.2, 0) is 14.3 Å². The summed E-state index contributed by atoms with van der Waals surface area (Å²) in [4.78, 5) is 35.5. The van der Waals surface area contributed by atoms with Crippen molar-refractivity contribution >= 4 is 18.0 Å². The van der Waals surface area contributed by atoms with Crippen LogP contribution in [0.1, 0.15) is 25.7 Å². The third-order valence-electron chi connectivity index (χ3n) is 3.29. The summed E-state index contributed by atoms with van der Waals surface area (Å²) >= 11 is 0. The number of carbonyl (C=O) groups is 3. The minimum absolute atomic E-state index is 0.00109. The molecule has 1 saturated heterocycles. The molecular weight excluding hydrogens is 266 g/mol. The number of carbonyl (C=O) groups excluding carboxylic acids is 2. The number of ether oxygens (including phenoxy) is 1. The predicted molar refractivity (Wildman–Crippen MR) is 70.0 cm³/mol. The number of esters is 1. The molecule has 1 rings (SSSR count). The molecule has 1 aliphatic heterocycles. The smallest absolute Gasteiger partial charge is 0.326 e. The zero-order valence-corrected chi connectivity index (χ0v) is 11.5. The van der Waals surface area contributed by atoms with Crippen molar-refractivity contribution in [3.8, 4) is 0 Å². The summed E-state index contributed by atoms with van der Waals surface area (Å²) in [5.74, 6) is -1.68. The van der Waals surface area contributed by atoms with E-state index in [-0.39, 0.29) is 18.9 Å². The molecule has 0 bridgehead atoms. The van der Waals surface area contributed by atoms with Crippen molar-refractivity contribution in [2.45, 2.75) is 37.8 Å². The lowest BCUT2D eigenvalue weighted by molar-refractivity contribution is -0.142. The van der Waals surface area contributed by atoms with Crippen molar-refractivity contribution in [2.24, 2.45) is 5.73 Å². The lowest BCUT2D eigenvalue weighted by Gasteiger charge is -2.31. The van der Waals surface area contributed by atoms with Gasteiger partial charge < -0.3 is 25.8 Å². The summed E-state index contributed by atoms with van der Waals surface area (Å²) in [5, 5.41) is 11.5. The van der Waals surface area contributed by atoms with Crippen molar-refractivity contribution < 1.29 is 24.2 Å². The van der Waals surface area contributed by atoms with Gasteiger partial charge in [0.2, 0.25) is 0 Å². The van der Waals surface area contributed by atoms with Gasteiger partial charge in [-0.1, -0.05) is 0 Å². The summed E-state index contributed by atoms with van der Waals surface area (Å²) in [5.41, 5.74) is 5.74. The van der Waals surface area contributed by atoms with Crippen LogP contribution >= 0.6 is 0 Å². The first-order valence-electron chi connectivity index (χ1n) is 6.54. The van der Waals surface area contributed by atoms with Gasteiger partial charge in [0.25, 0.3) is 0 Å². The van der Waals surface area contributed by atoms with Crippen LogP contribution in [0, 0.1) is 0 Å². The number of rotatable bonds is 5. The molecule has 0 aromatic rings. The monoisotopic (exact) mass is 287 g/mol. The standard InChI is InChI=1S/C12H21N3O5/c1-20-10(16)3-2-9(11(17)18)14-12(19)15-6-4-8(13)5-7-15/h8-9H,2-7,13H2,1H3,(H,14,19)(H,17,18)/t9-/m0/s1. The number of piperidine rings is 1. The van der Waals surface area contributed by atoms with Crippen molar-refractivity contribution in [1.29, 1.82) is 0 Å². The molecule has 20 heavy (non-hydrogen) atoms. The molecule has 0 aromatic carbocycles. The Morgan fingerprint density at radius 3 is 2.50 bits per heavy atom. The molecule has 114 valence electrons. The molecule has 4 N–H and O–H groups in total. The number of aliphatic carboxylic acids is 1. The van der Waals surface area contributed by atoms with Gasteiger partial charge in [-0.3, -0.25) is 4.79 Å². The fourth-order valence-electron chi connectivity index (χ4n) is 1.96. The number of nitrogens with one attached hydrogen (secondary N) is 1. The number of urea groups is 1. The number of hydrogen-bond donors (Lipinski definition) is 3. The Hall–Kier alpha value is -1.83. The molecule has 1 heterocycles. The Morgan fingerprint density at radius 2 is 2.00 bits per heavy atom. The maximum absolute atomic E-state index is 11.9. The molecule has 1 fully saturated rings. The SMILES string of the molecule is COC(=O)CC[C@H](NC(=O)N1CCC(N)CC1)C(=O)O. The van der Waals surface area contributed by atoms with Crippen LogP contribution in [0.3, 0.4) is 0 Å². The minimum atomic E-state index is -1.17. The molecule has 0 aromatic heterocycles. The van der Waals surface area contributed by atoms with E-state index in [1.54, 1.807) is 0 Å². The molecular formula is C12H21N3O5. The van der Waals surface area contributed by atoms with E-state index in [0.717, 1.165) is 0 Å². The first-order chi connectivity index (χ1) is 9.43. The van der Waals surface area contributed by atoms with Crippen LogP contribution in [0.4, 0.5) is 4.79 Å². The number of nitrogens with zero attached hydrogens (tertiary/aromatic N) is 1. The van der Waals surface area contributed by atoms with Gasteiger partial charge in [-0.25, -0.2) is 9.59 Å². The van der Waals surface area contributed by atoms with Gasteiger partial charge in [0.15, 0.2) is 0 Å². The quantitative estimate of drug-likeness (QED) is 0.587. The van der Waals surface area contributed by atoms with Gasteiger partial charge >= 0.3 is 18.0 Å². The van der Waals surface area contributed by atoms with E-state index >= 15 is 0 Å². The lowest BCUT2D eigenvalue weighted by Crippen LogP contribution is -2.51. The predicted octanol–water partition coefficient (Wildman–Crippen LogP) is -0.474. The van der Waals surface area contributed by atoms with E-state index < -0.39 is 24.0 Å². The molecule has 0 unspecified atom stereocenters. The molecule has 2 amide bonds. The second-order valence-corrected chi connectivity index (χ2v) is 4.78. The van der Waals surface area contributed by atoms with Crippen LogP contribution in [0.15, 0.2) is 0 Å². The van der Waals surface area contributed by atoms with Crippen molar-refractivity contribution in [2.75, 3.05) is 20.2 Å². The third kappa shape index (κ3) is 5.04. The molecule has 1 aliphatic rings. The summed E-state index contributed by atoms with van der Waals surface area (Å²) in [7, 11) is 1.23. The second-order valence-electron chi connectivity index (χ2n) is 4.78. The van der Waals surface area contributed by atoms with Gasteiger partial charge in [0, 0.05) is 25.6 Å². The summed E-state index contributed by atoms with van der Waals surface area (Å²) in [6.45, 7) is 1.02. The molecule has 0 spiro atoms. The average molecular weight is 287 g/mol. The van der Waals surface area contributed by atoms with Crippen LogP contribution in [0.5, 0.6) is 0 Å². The highest BCUT2D eigenvalue weighted by Crippen LogP contribution is 2.09. The van der Waals surface area contributed by atoms with Crippen molar-refractivity contribution in [3.63, 3.8) is 0 Å². The maximum atomic E-state index is 11.9. The van der Waals surface area contributed by atoms with Gasteiger partial charge in [-0.05, 0) is 19.3 Å². The Bertz CT molecular complexity index is 366. The highest BCUT2D eigenvalue weighted by molar-refractivity contribution is 5.83. The van der Waals surface area contributed by atoms with Gasteiger partial charge in [-0.15, -0.1) is 0 Å². The first-order valence-corrected chi connectivity index (χ1v) is 6.54. The highest BCUT2D eigenvalue weighted by Gasteiger charge is 2.26. The van der Waals surface area contributed by atoms with E-state index in [0.29, 0.717) is 25.9 Å². The number of amides is 2. The minimum Gasteiger partial charge on any atom is -0.480 e. The second kappa shape index (κ2) is 7.68. The fourth-order valence-corrected chi connectivity index (χ4v) is 1.96. The Kier molecular flexibility index (Phi) is 6.23. The number of nitrogens with two attached hydrogens (primary N) is 1. The molecule has 8 nitrogen and oxygen atoms in total. The number of likely N-dealkylation sites (tertiary alicyclic amines) is 1. The first kappa shape index (κ1) is 16.2. The number of hydrogen-bond acceptors (Lipinski definition) is 5. The van der Waals surface area contributed by atoms with Crippen LogP contribution in [0.25, 0.3) is 0 Å². The zero-order valence-electron chi connectivity index (χ0n) is 11.5. The van der Waals surface area contributed by atoms with E-state index in [4.69, 9.17) is 10.8 Å². The molecule has 0 saturated carbocycles. The number of methoxy groups -OCH3 is 1. The summed E-state index contributed by atoms with van der Waals surface area (Å²) in [6, 6.07) is -1.44. The fraction of sp³-hybridized carbons (Fsp3) is 0.750. The summed E-state index contributed by atoms with van der Waals surface area (Å²) in [6.07, 6.45) is 1.35. The van der Waals surface area contributed by atoms with E-state index in [2.05, 4.69) is 10.1 Å². The Labute approximate surface area is 117 Å². The van der Waals surface area contributed by atoms with Crippen molar-refractivity contribution in [1.82, 2.24) is 10.2 Å². The topological polar surface area (TPSA) is 122 Å². The van der Waals surface area contributed by atoms with E-state index in [1.807, 2.05) is 0 Å². The average Bonchev–Trinajstić information content (AvgIpc) is 2.43. The van der Waals surface area contributed by atoms with Gasteiger partial charge in [0.1, 0.15) is 6.04 Å². The largest absolute Gasteiger partial charge is 0.480 e. The normalized spacial score (nSPS) is 17.4. The zero-order chi connectivity index (χ0) is 15.1. The molecule has 1 atom stereocenters. The van der Waals surface area contributed by atoms with Gasteiger partial charge in [-0.2, -0.15) is 0 Å². The Balaban J connectivity index is 2.46. The van der Waals surface area contributed by atoms with Crippen LogP contribution in [-0.4, -0.2) is 60.3 Å². The molecule has 0 aliphatic carbocycles. The molecule has 8 heteroatoms. The maximum Gasteiger partial charge on any atom is 0.326 e. The molecule has 0 radical (unpaired) electrons. The lowest BCUT2D eigenvalue weighted by atomic mass is 10.1. The summed E-state index contributed by atoms with van der Waals surface area (Å²) < 4.78 is 4.44. The highest BCUT2D eigenvalue weighted by atomic mass is 16.5. The van der Waals surface area contributed by atoms with E-state index in [9.17, 15) is 14.4 Å². The Morgan fingerprint density at radius 1 is 1.40 bits per heavy atom. The van der Waals surface area contributed by atoms with Gasteiger partial charge in [0.05, 0.1) is 7.11 Å². The van der Waals surface area contributed by atoms with E-state index in [1.165, 1.54) is 12.0 Å². The van der Waals surface area contributed by atoms with Crippen LogP contribution in [0.2, 0.25) is 0 Å². The van der Waals surface area contributed by atoms with Crippen molar-refractivity contribution in [3.05, 3.63) is 0 Å². The number of carboxylic acids is 1. The number of carboxylic acid groups (broad SMARTS) is 1.